The zero-order valence-electron chi connectivity index (χ0n) is 8.87. The van der Waals surface area contributed by atoms with Gasteiger partial charge in [0.1, 0.15) is 6.04 Å². The molecule has 8 N–H and O–H groups in total. The van der Waals surface area contributed by atoms with E-state index in [1.807, 2.05) is 0 Å². The summed E-state index contributed by atoms with van der Waals surface area (Å²) >= 11 is 2.13. The van der Waals surface area contributed by atoms with Gasteiger partial charge in [-0.3, -0.25) is 4.79 Å². The first-order chi connectivity index (χ1) is 7.36. The van der Waals surface area contributed by atoms with Gasteiger partial charge in [0, 0.05) is 0 Å². The number of carboxylic acid groups (broad SMARTS) is 2. The maximum atomic E-state index is 10.0. The number of aliphatic carboxylic acids is 2. The van der Waals surface area contributed by atoms with Crippen LogP contribution in [0.4, 0.5) is 0 Å². The fraction of sp³-hybridized carbons (Fsp3) is 0.750. The molecule has 0 heterocycles. The van der Waals surface area contributed by atoms with Gasteiger partial charge >= 0.3 is 54.9 Å². The van der Waals surface area contributed by atoms with Crippen molar-refractivity contribution in [2.75, 3.05) is 6.54 Å². The summed E-state index contributed by atoms with van der Waals surface area (Å²) in [5.41, 5.74) is 15.3. The molecule has 0 rings (SSSR count). The van der Waals surface area contributed by atoms with Gasteiger partial charge in [0.15, 0.2) is 0 Å². The van der Waals surface area contributed by atoms with E-state index in [2.05, 4.69) is 16.0 Å². The summed E-state index contributed by atoms with van der Waals surface area (Å²) in [5, 5.41) is 16.7. The summed E-state index contributed by atoms with van der Waals surface area (Å²) in [6.07, 6.45) is 1.14. The van der Waals surface area contributed by atoms with E-state index >= 15 is 0 Å². The van der Waals surface area contributed by atoms with Crippen LogP contribution in [-0.4, -0.2) is 56.8 Å². The molecule has 0 aromatic rings. The minimum atomic E-state index is -0.955. The number of carboxylic acids is 2. The van der Waals surface area contributed by atoms with Crippen LogP contribution in [0.25, 0.3) is 0 Å². The zero-order valence-corrected chi connectivity index (χ0v) is 10.7. The first-order valence-electron chi connectivity index (χ1n) is 4.64. The Morgan fingerprint density at radius 1 is 1.12 bits per heavy atom. The van der Waals surface area contributed by atoms with Crippen molar-refractivity contribution >= 4 is 28.0 Å². The molecule has 0 aliphatic heterocycles. The van der Waals surface area contributed by atoms with Gasteiger partial charge in [0.25, 0.3) is 0 Å². The van der Waals surface area contributed by atoms with Gasteiger partial charge < -0.3 is 16.6 Å². The Labute approximate surface area is 102 Å². The van der Waals surface area contributed by atoms with Crippen LogP contribution in [0, 0.1) is 0 Å². The number of hydrogen-bond acceptors (Lipinski definition) is 5. The number of nitrogens with two attached hydrogens (primary N) is 3. The summed E-state index contributed by atoms with van der Waals surface area (Å²) in [6, 6.07) is -1.45. The Balaban J connectivity index is 0. The zero-order chi connectivity index (χ0) is 13.1. The molecule has 0 aromatic heterocycles. The molecule has 0 radical (unpaired) electrons. The topological polar surface area (TPSA) is 153 Å². The normalized spacial score (nSPS) is 13.2. The summed E-state index contributed by atoms with van der Waals surface area (Å²) in [6.45, 7) is 0.501. The predicted octanol–water partition coefficient (Wildman–Crippen LogP) is -2.15. The number of carbonyl (C=O) groups is 2. The van der Waals surface area contributed by atoms with Crippen molar-refractivity contribution in [1.82, 2.24) is 0 Å². The van der Waals surface area contributed by atoms with E-state index in [1.54, 1.807) is 0 Å². The molecule has 0 amide bonds. The molecule has 0 aliphatic rings. The van der Waals surface area contributed by atoms with Gasteiger partial charge in [-0.15, -0.1) is 0 Å². The molecule has 0 unspecified atom stereocenters. The summed E-state index contributed by atoms with van der Waals surface area (Å²) in [5.74, 6) is -1.90. The molecule has 0 aliphatic carbocycles. The van der Waals surface area contributed by atoms with E-state index < -0.39 is 24.0 Å². The van der Waals surface area contributed by atoms with E-state index in [0.717, 1.165) is 0 Å². The maximum absolute atomic E-state index is 10.0. The van der Waals surface area contributed by atoms with Gasteiger partial charge in [-0.05, 0) is 19.4 Å². The van der Waals surface area contributed by atoms with Crippen molar-refractivity contribution in [3.8, 4) is 0 Å². The SMILES string of the molecule is NCCC[C@H](N)C(=O)O.N[C@@H](C[SeH])C(=O)O. The van der Waals surface area contributed by atoms with Crippen LogP contribution in [0.2, 0.25) is 5.32 Å². The molecular formula is C8H19N3O4Se. The third-order valence-electron chi connectivity index (χ3n) is 1.55. The molecule has 0 spiro atoms. The van der Waals surface area contributed by atoms with Gasteiger partial charge in [-0.25, -0.2) is 0 Å². The van der Waals surface area contributed by atoms with Crippen molar-refractivity contribution in [3.05, 3.63) is 0 Å². The number of hydrogen-bond donors (Lipinski definition) is 5. The summed E-state index contributed by atoms with van der Waals surface area (Å²) in [7, 11) is 0. The average Bonchev–Trinajstić information content (AvgIpc) is 2.25. The summed E-state index contributed by atoms with van der Waals surface area (Å²) in [4.78, 5) is 19.8. The van der Waals surface area contributed by atoms with Crippen molar-refractivity contribution in [2.45, 2.75) is 30.2 Å². The molecular weight excluding hydrogens is 281 g/mol. The van der Waals surface area contributed by atoms with Crippen molar-refractivity contribution in [1.29, 1.82) is 0 Å². The predicted molar refractivity (Wildman–Crippen MR) is 61.5 cm³/mol. The van der Waals surface area contributed by atoms with Crippen LogP contribution in [0.1, 0.15) is 12.8 Å². The fourth-order valence-corrected chi connectivity index (χ4v) is 0.867. The molecule has 0 aromatic carbocycles. The Bertz CT molecular complexity index is 215. The molecule has 96 valence electrons. The molecule has 0 saturated carbocycles. The van der Waals surface area contributed by atoms with Crippen molar-refractivity contribution in [3.63, 3.8) is 0 Å². The Hall–Kier alpha value is -0.661. The summed E-state index contributed by atoms with van der Waals surface area (Å²) < 4.78 is 0. The third kappa shape index (κ3) is 11.4. The van der Waals surface area contributed by atoms with Crippen molar-refractivity contribution in [2.24, 2.45) is 17.2 Å². The molecule has 8 heteroatoms. The monoisotopic (exact) mass is 301 g/mol. The molecule has 0 bridgehead atoms. The number of rotatable bonds is 6. The van der Waals surface area contributed by atoms with Crippen LogP contribution in [0.15, 0.2) is 0 Å². The molecule has 0 saturated heterocycles. The first kappa shape index (κ1) is 17.7. The van der Waals surface area contributed by atoms with E-state index in [1.165, 1.54) is 0 Å². The fourth-order valence-electron chi connectivity index (χ4n) is 0.539. The van der Waals surface area contributed by atoms with Gasteiger partial charge in [0.2, 0.25) is 0 Å². The van der Waals surface area contributed by atoms with Gasteiger partial charge in [-0.1, -0.05) is 0 Å². The van der Waals surface area contributed by atoms with E-state index in [-0.39, 0.29) is 0 Å². The van der Waals surface area contributed by atoms with Crippen molar-refractivity contribution < 1.29 is 19.8 Å². The van der Waals surface area contributed by atoms with E-state index in [9.17, 15) is 9.59 Å². The minimum absolute atomic E-state index is 0.433. The molecule has 0 fully saturated rings. The second-order valence-corrected chi connectivity index (χ2v) is 3.77. The standard InChI is InChI=1S/C5H12N2O2.C3H7NO2Se/c6-3-1-2-4(7)5(8)9;4-2(1-7)3(5)6/h4H,1-3,6-7H2,(H,8,9);2,7H,1,4H2,(H,5,6)/t4-;2-/m00/s1. The average molecular weight is 300 g/mol. The van der Waals surface area contributed by atoms with Crippen LogP contribution >= 0.6 is 0 Å². The molecule has 2 atom stereocenters. The van der Waals surface area contributed by atoms with Gasteiger partial charge in [-0.2, -0.15) is 0 Å². The van der Waals surface area contributed by atoms with Crippen LogP contribution < -0.4 is 17.2 Å². The molecule has 16 heavy (non-hydrogen) atoms. The van der Waals surface area contributed by atoms with Crippen LogP contribution in [0.5, 0.6) is 0 Å². The van der Waals surface area contributed by atoms with E-state index in [4.69, 9.17) is 27.4 Å². The second kappa shape index (κ2) is 10.8. The Morgan fingerprint density at radius 3 is 1.75 bits per heavy atom. The Morgan fingerprint density at radius 2 is 1.56 bits per heavy atom. The van der Waals surface area contributed by atoms with Crippen LogP contribution in [0.3, 0.4) is 0 Å². The Kier molecular flexibility index (Phi) is 12.0. The van der Waals surface area contributed by atoms with E-state index in [0.29, 0.717) is 24.7 Å². The quantitative estimate of drug-likeness (QED) is 0.351. The van der Waals surface area contributed by atoms with Gasteiger partial charge in [0.05, 0.1) is 0 Å². The second-order valence-electron chi connectivity index (χ2n) is 3.00. The van der Waals surface area contributed by atoms with Crippen LogP contribution in [-0.2, 0) is 9.59 Å². The third-order valence-corrected chi connectivity index (χ3v) is 2.38. The molecule has 7 nitrogen and oxygen atoms in total. The first-order valence-corrected chi connectivity index (χ1v) is 5.97.